The molecule has 0 spiro atoms. The zero-order valence-electron chi connectivity index (χ0n) is 20.3. The molecule has 3 fully saturated rings. The highest BCUT2D eigenvalue weighted by Crippen LogP contribution is 2.41. The van der Waals surface area contributed by atoms with Crippen LogP contribution in [-0.2, 0) is 16.4 Å². The molecule has 1 N–H and O–H groups in total. The van der Waals surface area contributed by atoms with Crippen LogP contribution in [0.2, 0.25) is 0 Å². The topological polar surface area (TPSA) is 93.7 Å². The smallest absolute Gasteiger partial charge is 0.231 e. The molecular formula is C26H34N4O4S. The first-order chi connectivity index (χ1) is 17.0. The number of hydrogen-bond acceptors (Lipinski definition) is 8. The Hall–Kier alpha value is -2.39. The van der Waals surface area contributed by atoms with Crippen molar-refractivity contribution in [2.45, 2.75) is 74.7 Å². The van der Waals surface area contributed by atoms with E-state index in [9.17, 15) is 8.42 Å². The lowest BCUT2D eigenvalue weighted by atomic mass is 10.0. The van der Waals surface area contributed by atoms with Crippen LogP contribution in [-0.4, -0.2) is 54.7 Å². The molecule has 35 heavy (non-hydrogen) atoms. The summed E-state index contributed by atoms with van der Waals surface area (Å²) in [6.07, 6.45) is 6.76. The van der Waals surface area contributed by atoms with Crippen LogP contribution in [0, 0.1) is 18.8 Å². The monoisotopic (exact) mass is 498 g/mol. The number of nitrogens with zero attached hydrogens (tertiary/aromatic N) is 3. The number of aryl methyl sites for hydroxylation is 1. The molecule has 6 rings (SSSR count). The fourth-order valence-corrected chi connectivity index (χ4v) is 8.15. The van der Waals surface area contributed by atoms with Gasteiger partial charge in [-0.2, -0.15) is 0 Å². The van der Waals surface area contributed by atoms with Crippen LogP contribution in [0.5, 0.6) is 11.5 Å². The summed E-state index contributed by atoms with van der Waals surface area (Å²) in [6, 6.07) is 7.99. The van der Waals surface area contributed by atoms with Crippen molar-refractivity contribution in [2.24, 2.45) is 11.8 Å². The zero-order chi connectivity index (χ0) is 24.0. The quantitative estimate of drug-likeness (QED) is 0.640. The minimum Gasteiger partial charge on any atom is -0.454 e. The third kappa shape index (κ3) is 4.60. The lowest BCUT2D eigenvalue weighted by molar-refractivity contribution is 0.174. The zero-order valence-corrected chi connectivity index (χ0v) is 21.1. The summed E-state index contributed by atoms with van der Waals surface area (Å²) >= 11 is 0. The third-order valence-corrected chi connectivity index (χ3v) is 10.5. The van der Waals surface area contributed by atoms with Crippen LogP contribution in [0.15, 0.2) is 29.3 Å². The van der Waals surface area contributed by atoms with Crippen LogP contribution < -0.4 is 14.8 Å². The maximum absolute atomic E-state index is 12.9. The highest BCUT2D eigenvalue weighted by Gasteiger charge is 2.41. The Kier molecular flexibility index (Phi) is 6.08. The van der Waals surface area contributed by atoms with Gasteiger partial charge in [0, 0.05) is 25.7 Å². The molecule has 0 bridgehead atoms. The second-order valence-electron chi connectivity index (χ2n) is 10.7. The lowest BCUT2D eigenvalue weighted by Crippen LogP contribution is -2.26. The number of nitrogens with one attached hydrogen (secondary N) is 1. The number of rotatable bonds is 6. The minimum atomic E-state index is -3.38. The summed E-state index contributed by atoms with van der Waals surface area (Å²) in [4.78, 5) is 2.56. The van der Waals surface area contributed by atoms with Crippen molar-refractivity contribution in [2.75, 3.05) is 25.2 Å². The summed E-state index contributed by atoms with van der Waals surface area (Å²) in [6.45, 7) is 5.59. The first-order valence-corrected chi connectivity index (χ1v) is 14.5. The molecule has 1 aromatic carbocycles. The van der Waals surface area contributed by atoms with E-state index in [0.29, 0.717) is 30.5 Å². The SMILES string of the molecule is Cc1cc2c(cc1CN1C[C@H]3CC(Nc4ccc(S(=O)(=O)C5CCCCC5)nn4)C[C@@H]3C1)OCO2. The second-order valence-corrected chi connectivity index (χ2v) is 12.9. The fourth-order valence-electron chi connectivity index (χ4n) is 6.45. The summed E-state index contributed by atoms with van der Waals surface area (Å²) in [7, 11) is -3.38. The maximum atomic E-state index is 12.9. The number of anilines is 1. The molecule has 0 radical (unpaired) electrons. The van der Waals surface area contributed by atoms with E-state index in [1.165, 1.54) is 11.1 Å². The van der Waals surface area contributed by atoms with Gasteiger partial charge in [0.15, 0.2) is 26.4 Å². The Morgan fingerprint density at radius 3 is 2.40 bits per heavy atom. The molecule has 1 aromatic heterocycles. The Bertz CT molecular complexity index is 1170. The maximum Gasteiger partial charge on any atom is 0.231 e. The Morgan fingerprint density at radius 1 is 1.00 bits per heavy atom. The summed E-state index contributed by atoms with van der Waals surface area (Å²) in [5.41, 5.74) is 2.56. The Labute approximate surface area is 207 Å². The average Bonchev–Trinajstić information content (AvgIpc) is 3.55. The van der Waals surface area contributed by atoms with E-state index in [1.807, 2.05) is 0 Å². The minimum absolute atomic E-state index is 0.118. The standard InChI is InChI=1S/C26H34N4O4S/c1-17-9-23-24(34-16-33-23)12-18(17)13-30-14-19-10-21(11-20(19)15-30)27-25-7-8-26(29-28-25)35(31,32)22-5-3-2-4-6-22/h7-9,12,19-22H,2-6,10-11,13-16H2,1H3,(H,27,28)/t19-,20-/m1/s1. The largest absolute Gasteiger partial charge is 0.454 e. The third-order valence-electron chi connectivity index (χ3n) is 8.33. The molecule has 2 atom stereocenters. The van der Waals surface area contributed by atoms with Gasteiger partial charge in [0.2, 0.25) is 6.79 Å². The number of hydrogen-bond donors (Lipinski definition) is 1. The molecule has 2 saturated carbocycles. The highest BCUT2D eigenvalue weighted by molar-refractivity contribution is 7.92. The molecule has 2 aromatic rings. The van der Waals surface area contributed by atoms with Gasteiger partial charge in [-0.05, 0) is 79.8 Å². The fraction of sp³-hybridized carbons (Fsp3) is 0.615. The van der Waals surface area contributed by atoms with E-state index < -0.39 is 9.84 Å². The van der Waals surface area contributed by atoms with Gasteiger partial charge in [-0.15, -0.1) is 10.2 Å². The van der Waals surface area contributed by atoms with Crippen molar-refractivity contribution in [1.82, 2.24) is 15.1 Å². The van der Waals surface area contributed by atoms with E-state index in [2.05, 4.69) is 39.5 Å². The molecule has 188 valence electrons. The van der Waals surface area contributed by atoms with Crippen molar-refractivity contribution in [3.05, 3.63) is 35.4 Å². The molecular weight excluding hydrogens is 464 g/mol. The summed E-state index contributed by atoms with van der Waals surface area (Å²) < 4.78 is 36.8. The average molecular weight is 499 g/mol. The molecule has 2 aliphatic carbocycles. The van der Waals surface area contributed by atoms with Gasteiger partial charge in [-0.1, -0.05) is 19.3 Å². The molecule has 3 heterocycles. The van der Waals surface area contributed by atoms with Crippen LogP contribution >= 0.6 is 0 Å². The van der Waals surface area contributed by atoms with E-state index >= 15 is 0 Å². The Morgan fingerprint density at radius 2 is 1.71 bits per heavy atom. The second kappa shape index (κ2) is 9.24. The van der Waals surface area contributed by atoms with Gasteiger partial charge in [0.25, 0.3) is 0 Å². The van der Waals surface area contributed by atoms with Crippen molar-refractivity contribution < 1.29 is 17.9 Å². The van der Waals surface area contributed by atoms with Crippen molar-refractivity contribution in [1.29, 1.82) is 0 Å². The van der Waals surface area contributed by atoms with E-state index in [4.69, 9.17) is 9.47 Å². The Balaban J connectivity index is 1.03. The van der Waals surface area contributed by atoms with Gasteiger partial charge < -0.3 is 14.8 Å². The summed E-state index contributed by atoms with van der Waals surface area (Å²) in [5.74, 6) is 3.71. The molecule has 9 heteroatoms. The number of sulfone groups is 1. The van der Waals surface area contributed by atoms with Crippen LogP contribution in [0.25, 0.3) is 0 Å². The molecule has 0 amide bonds. The first kappa shape index (κ1) is 23.0. The summed E-state index contributed by atoms with van der Waals surface area (Å²) in [5, 5.41) is 11.7. The number of likely N-dealkylation sites (tertiary alicyclic amines) is 1. The van der Waals surface area contributed by atoms with Crippen molar-refractivity contribution in [3.8, 4) is 11.5 Å². The number of aromatic nitrogens is 2. The van der Waals surface area contributed by atoms with Gasteiger partial charge >= 0.3 is 0 Å². The predicted octanol–water partition coefficient (Wildman–Crippen LogP) is 3.94. The van der Waals surface area contributed by atoms with Crippen LogP contribution in [0.1, 0.15) is 56.1 Å². The predicted molar refractivity (Wildman–Crippen MR) is 132 cm³/mol. The van der Waals surface area contributed by atoms with Crippen LogP contribution in [0.4, 0.5) is 5.82 Å². The van der Waals surface area contributed by atoms with Gasteiger partial charge in [-0.25, -0.2) is 8.42 Å². The number of ether oxygens (including phenoxy) is 2. The van der Waals surface area contributed by atoms with Gasteiger partial charge in [-0.3, -0.25) is 4.90 Å². The molecule has 8 nitrogen and oxygen atoms in total. The number of benzene rings is 1. The first-order valence-electron chi connectivity index (χ1n) is 12.9. The lowest BCUT2D eigenvalue weighted by Gasteiger charge is -2.21. The molecule has 4 aliphatic rings. The van der Waals surface area contributed by atoms with E-state index in [0.717, 1.165) is 76.1 Å². The van der Waals surface area contributed by atoms with E-state index in [-0.39, 0.29) is 10.3 Å². The van der Waals surface area contributed by atoms with Crippen molar-refractivity contribution >= 4 is 15.7 Å². The van der Waals surface area contributed by atoms with E-state index in [1.54, 1.807) is 12.1 Å². The van der Waals surface area contributed by atoms with Crippen molar-refractivity contribution in [3.63, 3.8) is 0 Å². The molecule has 1 saturated heterocycles. The van der Waals surface area contributed by atoms with Gasteiger partial charge in [0.05, 0.1) is 5.25 Å². The number of fused-ring (bicyclic) bond motifs is 2. The van der Waals surface area contributed by atoms with Gasteiger partial charge in [0.1, 0.15) is 5.82 Å². The highest BCUT2D eigenvalue weighted by atomic mass is 32.2. The molecule has 0 unspecified atom stereocenters. The van der Waals surface area contributed by atoms with Crippen LogP contribution in [0.3, 0.4) is 0 Å². The normalized spacial score (nSPS) is 25.2. The molecule has 2 aliphatic heterocycles.